The Morgan fingerprint density at radius 3 is 1.18 bits per heavy atom. The maximum atomic E-state index is 9.77. The quantitative estimate of drug-likeness (QED) is 0.157. The molecule has 22 heavy (non-hydrogen) atoms. The molecule has 0 aliphatic heterocycles. The van der Waals surface area contributed by atoms with Gasteiger partial charge in [-0.15, -0.1) is 0 Å². The van der Waals surface area contributed by atoms with E-state index in [0.717, 1.165) is 13.1 Å². The average molecular weight is 330 g/mol. The fraction of sp³-hybridized carbons (Fsp3) is 0.818. The van der Waals surface area contributed by atoms with Crippen LogP contribution in [-0.2, 0) is 9.59 Å². The van der Waals surface area contributed by atoms with Crippen LogP contribution in [0.15, 0.2) is 0 Å². The molecule has 0 aromatic carbocycles. The third kappa shape index (κ3) is 18.7. The number of aliphatic hydroxyl groups is 5. The van der Waals surface area contributed by atoms with Crippen LogP contribution < -0.4 is 10.9 Å². The van der Waals surface area contributed by atoms with Gasteiger partial charge in [-0.2, -0.15) is 0 Å². The van der Waals surface area contributed by atoms with Crippen LogP contribution in [0.2, 0.25) is 0 Å². The molecular weight excluding hydrogens is 304 g/mol. The summed E-state index contributed by atoms with van der Waals surface area (Å²) >= 11 is 0. The van der Waals surface area contributed by atoms with Crippen molar-refractivity contribution >= 4 is 11.9 Å². The molecule has 2 unspecified atom stereocenters. The zero-order chi connectivity index (χ0) is 18.1. The molecule has 0 heterocycles. The minimum atomic E-state index is -2.27. The van der Waals surface area contributed by atoms with Gasteiger partial charge in [0.25, 0.3) is 0 Å². The maximum Gasteiger partial charge on any atom is 0.335 e. The van der Waals surface area contributed by atoms with Crippen molar-refractivity contribution < 1.29 is 45.3 Å². The van der Waals surface area contributed by atoms with E-state index in [0.29, 0.717) is 0 Å². The summed E-state index contributed by atoms with van der Waals surface area (Å²) in [7, 11) is 0. The molecule has 0 spiro atoms. The van der Waals surface area contributed by atoms with Crippen LogP contribution in [0.3, 0.4) is 0 Å². The van der Waals surface area contributed by atoms with E-state index in [1.807, 2.05) is 0 Å². The number of hydrogen-bond acceptors (Lipinski definition) is 9. The third-order valence-electron chi connectivity index (χ3n) is 1.71. The van der Waals surface area contributed by atoms with E-state index in [2.05, 4.69) is 24.7 Å². The molecule has 0 fully saturated rings. The molecule has 0 saturated heterocycles. The molecule has 9 N–H and O–H groups in total. The Labute approximate surface area is 127 Å². The second kappa shape index (κ2) is 17.7. The first kappa shape index (κ1) is 25.6. The third-order valence-corrected chi connectivity index (χ3v) is 1.71. The molecule has 0 aromatic heterocycles. The average Bonchev–Trinajstić information content (AvgIpc) is 2.51. The van der Waals surface area contributed by atoms with Crippen molar-refractivity contribution in [2.75, 3.05) is 26.3 Å². The van der Waals surface area contributed by atoms with Gasteiger partial charge in [-0.3, -0.25) is 10.9 Å². The highest BCUT2D eigenvalue weighted by atomic mass is 16.4. The predicted octanol–water partition coefficient (Wildman–Crippen LogP) is -3.67. The molecule has 0 amide bonds. The Morgan fingerprint density at radius 2 is 1.09 bits per heavy atom. The first-order valence-corrected chi connectivity index (χ1v) is 6.36. The van der Waals surface area contributed by atoms with Gasteiger partial charge < -0.3 is 35.7 Å². The smallest absolute Gasteiger partial charge is 0.335 e. The van der Waals surface area contributed by atoms with Crippen molar-refractivity contribution in [3.05, 3.63) is 0 Å². The van der Waals surface area contributed by atoms with E-state index in [1.54, 1.807) is 0 Å². The minimum absolute atomic E-state index is 0.365. The number of nitrogens with one attached hydrogen (secondary N) is 2. The molecule has 0 saturated carbocycles. The zero-order valence-electron chi connectivity index (χ0n) is 12.5. The Hall–Kier alpha value is -1.34. The molecule has 2 atom stereocenters. The first-order chi connectivity index (χ1) is 10.2. The van der Waals surface area contributed by atoms with Gasteiger partial charge in [-0.05, 0) is 0 Å². The lowest BCUT2D eigenvalue weighted by Crippen LogP contribution is -2.39. The monoisotopic (exact) mass is 330 g/mol. The molecule has 0 aliphatic rings. The number of carbonyl (C=O) groups is 2. The van der Waals surface area contributed by atoms with Crippen molar-refractivity contribution in [3.8, 4) is 0 Å². The summed E-state index contributed by atoms with van der Waals surface area (Å²) in [6.07, 6.45) is -5.49. The zero-order valence-corrected chi connectivity index (χ0v) is 12.5. The van der Waals surface area contributed by atoms with Gasteiger partial charge in [-0.25, -0.2) is 9.59 Å². The summed E-state index contributed by atoms with van der Waals surface area (Å²) in [5.74, 6) is -3.54. The van der Waals surface area contributed by atoms with Crippen LogP contribution in [0.4, 0.5) is 0 Å². The maximum absolute atomic E-state index is 9.77. The molecule has 0 radical (unpaired) electrons. The first-order valence-electron chi connectivity index (χ1n) is 6.36. The fourth-order valence-corrected chi connectivity index (χ4v) is 0.578. The number of rotatable bonds is 8. The Morgan fingerprint density at radius 1 is 0.818 bits per heavy atom. The largest absolute Gasteiger partial charge is 0.479 e. The van der Waals surface area contributed by atoms with Gasteiger partial charge in [-0.1, -0.05) is 13.8 Å². The van der Waals surface area contributed by atoms with Crippen LogP contribution in [0.5, 0.6) is 0 Å². The van der Waals surface area contributed by atoms with E-state index in [-0.39, 0.29) is 13.2 Å². The Bertz CT molecular complexity index is 252. The fourth-order valence-electron chi connectivity index (χ4n) is 0.578. The van der Waals surface area contributed by atoms with Crippen molar-refractivity contribution in [1.82, 2.24) is 10.9 Å². The lowest BCUT2D eigenvalue weighted by molar-refractivity contribution is -0.165. The van der Waals surface area contributed by atoms with Crippen LogP contribution in [0.25, 0.3) is 0 Å². The molecule has 11 heteroatoms. The topological polar surface area (TPSA) is 200 Å². The summed E-state index contributed by atoms with van der Waals surface area (Å²) in [4.78, 5) is 19.5. The normalized spacial score (nSPS) is 12.4. The van der Waals surface area contributed by atoms with E-state index in [4.69, 9.17) is 35.7 Å². The lowest BCUT2D eigenvalue weighted by Gasteiger charge is -2.07. The molecule has 0 bridgehead atoms. The highest BCUT2D eigenvalue weighted by Gasteiger charge is 2.29. The Kier molecular flexibility index (Phi) is 20.6. The van der Waals surface area contributed by atoms with E-state index >= 15 is 0 Å². The van der Waals surface area contributed by atoms with Gasteiger partial charge in [0.15, 0.2) is 12.2 Å². The summed E-state index contributed by atoms with van der Waals surface area (Å²) in [5, 5.41) is 56.5. The number of aliphatic carboxylic acids is 2. The SMILES string of the molecule is CCNNCC.O=C(O)C(O)C(O)C(=O)O.OCC(O)CO. The van der Waals surface area contributed by atoms with Crippen molar-refractivity contribution in [3.63, 3.8) is 0 Å². The summed E-state index contributed by atoms with van der Waals surface area (Å²) in [5.41, 5.74) is 5.90. The Balaban J connectivity index is -0.000000261. The van der Waals surface area contributed by atoms with Gasteiger partial charge >= 0.3 is 11.9 Å². The van der Waals surface area contributed by atoms with Crippen molar-refractivity contribution in [2.45, 2.75) is 32.2 Å². The van der Waals surface area contributed by atoms with Gasteiger partial charge in [0.2, 0.25) is 0 Å². The molecule has 0 rings (SSSR count). The predicted molar refractivity (Wildman–Crippen MR) is 74.8 cm³/mol. The molecule has 134 valence electrons. The minimum Gasteiger partial charge on any atom is -0.479 e. The summed E-state index contributed by atoms with van der Waals surface area (Å²) in [6.45, 7) is 5.38. The van der Waals surface area contributed by atoms with Crippen LogP contribution in [0, 0.1) is 0 Å². The highest BCUT2D eigenvalue weighted by molar-refractivity contribution is 5.83. The summed E-state index contributed by atoms with van der Waals surface area (Å²) in [6, 6.07) is 0. The highest BCUT2D eigenvalue weighted by Crippen LogP contribution is 1.92. The van der Waals surface area contributed by atoms with Crippen LogP contribution in [0.1, 0.15) is 13.8 Å². The number of carboxylic acids is 2. The molecule has 0 aromatic rings. The van der Waals surface area contributed by atoms with E-state index < -0.39 is 30.3 Å². The second-order valence-corrected chi connectivity index (χ2v) is 3.65. The molecular formula is C11H26N2O9. The van der Waals surface area contributed by atoms with Gasteiger partial charge in [0.1, 0.15) is 6.10 Å². The number of aliphatic hydroxyl groups excluding tert-OH is 5. The number of hydrazine groups is 1. The van der Waals surface area contributed by atoms with E-state index in [9.17, 15) is 9.59 Å². The van der Waals surface area contributed by atoms with Crippen molar-refractivity contribution in [2.24, 2.45) is 0 Å². The number of hydrogen-bond donors (Lipinski definition) is 9. The molecule has 0 aliphatic carbocycles. The second-order valence-electron chi connectivity index (χ2n) is 3.65. The van der Waals surface area contributed by atoms with E-state index in [1.165, 1.54) is 0 Å². The van der Waals surface area contributed by atoms with Gasteiger partial charge in [0.05, 0.1) is 13.2 Å². The van der Waals surface area contributed by atoms with Crippen LogP contribution >= 0.6 is 0 Å². The van der Waals surface area contributed by atoms with Gasteiger partial charge in [0, 0.05) is 13.1 Å². The van der Waals surface area contributed by atoms with Crippen LogP contribution in [-0.4, -0.2) is 92.3 Å². The summed E-state index contributed by atoms with van der Waals surface area (Å²) < 4.78 is 0. The lowest BCUT2D eigenvalue weighted by atomic mass is 10.2. The number of carboxylic acid groups (broad SMARTS) is 2. The van der Waals surface area contributed by atoms with Crippen molar-refractivity contribution in [1.29, 1.82) is 0 Å². The standard InChI is InChI=1S/C4H12N2.C4H6O6.C3H8O3/c1-3-5-6-4-2;5-1(3(7)8)2(6)4(9)10;4-1-3(6)2-5/h5-6H,3-4H2,1-2H3;1-2,5-6H,(H,7,8)(H,9,10);3-6H,1-2H2. The molecule has 11 nitrogen and oxygen atoms in total.